The third-order valence-corrected chi connectivity index (χ3v) is 2.48. The zero-order valence-electron chi connectivity index (χ0n) is 8.22. The Morgan fingerprint density at radius 3 is 3.07 bits per heavy atom. The summed E-state index contributed by atoms with van der Waals surface area (Å²) in [6.07, 6.45) is 4.58. The number of nitrogens with zero attached hydrogens (tertiary/aromatic N) is 3. The van der Waals surface area contributed by atoms with Gasteiger partial charge in [0.2, 0.25) is 0 Å². The summed E-state index contributed by atoms with van der Waals surface area (Å²) in [5.74, 6) is 0. The first-order valence-corrected chi connectivity index (χ1v) is 4.70. The molecule has 14 heavy (non-hydrogen) atoms. The average Bonchev–Trinajstić information content (AvgIpc) is 2.61. The average molecular weight is 190 g/mol. The number of hydrazone groups is 1. The highest BCUT2D eigenvalue weighted by Gasteiger charge is 2.24. The van der Waals surface area contributed by atoms with Gasteiger partial charge in [0.15, 0.2) is 0 Å². The fraction of sp³-hybridized carbons (Fsp3) is 0.400. The number of aromatic nitrogens is 1. The van der Waals surface area contributed by atoms with E-state index in [-0.39, 0.29) is 0 Å². The van der Waals surface area contributed by atoms with Crippen LogP contribution < -0.4 is 5.73 Å². The molecule has 0 aliphatic carbocycles. The van der Waals surface area contributed by atoms with Crippen LogP contribution in [0.3, 0.4) is 0 Å². The van der Waals surface area contributed by atoms with Gasteiger partial charge in [0.05, 0.1) is 11.8 Å². The molecule has 1 aromatic rings. The molecule has 2 rings (SSSR count). The molecule has 0 spiro atoms. The summed E-state index contributed by atoms with van der Waals surface area (Å²) in [5, 5.41) is 6.32. The molecular formula is C10H14N4. The molecule has 0 saturated carbocycles. The van der Waals surface area contributed by atoms with Crippen LogP contribution in [0.2, 0.25) is 0 Å². The lowest BCUT2D eigenvalue weighted by Crippen LogP contribution is -2.14. The highest BCUT2D eigenvalue weighted by Crippen LogP contribution is 2.27. The molecule has 4 heteroatoms. The van der Waals surface area contributed by atoms with Crippen molar-refractivity contribution in [1.29, 1.82) is 0 Å². The van der Waals surface area contributed by atoms with Crippen molar-refractivity contribution in [3.8, 4) is 0 Å². The van der Waals surface area contributed by atoms with E-state index < -0.39 is 0 Å². The van der Waals surface area contributed by atoms with Crippen molar-refractivity contribution in [2.45, 2.75) is 12.5 Å². The molecule has 74 valence electrons. The number of hydrogen-bond acceptors (Lipinski definition) is 4. The van der Waals surface area contributed by atoms with Crippen LogP contribution in [0.15, 0.2) is 29.6 Å². The Kier molecular flexibility index (Phi) is 2.45. The largest absolute Gasteiger partial charge is 0.325 e. The van der Waals surface area contributed by atoms with E-state index in [1.54, 1.807) is 6.20 Å². The van der Waals surface area contributed by atoms with Crippen LogP contribution in [-0.2, 0) is 0 Å². The topological polar surface area (TPSA) is 54.5 Å². The summed E-state index contributed by atoms with van der Waals surface area (Å²) in [4.78, 5) is 4.11. The number of hydrogen-bond donors (Lipinski definition) is 1. The monoisotopic (exact) mass is 190 g/mol. The van der Waals surface area contributed by atoms with E-state index in [9.17, 15) is 0 Å². The molecule has 1 aliphatic heterocycles. The van der Waals surface area contributed by atoms with Gasteiger partial charge < -0.3 is 5.73 Å². The van der Waals surface area contributed by atoms with Crippen LogP contribution in [0, 0.1) is 0 Å². The van der Waals surface area contributed by atoms with Gasteiger partial charge in [0.1, 0.15) is 0 Å². The first-order valence-electron chi connectivity index (χ1n) is 4.70. The second-order valence-electron chi connectivity index (χ2n) is 3.45. The molecule has 1 unspecified atom stereocenters. The second-order valence-corrected chi connectivity index (χ2v) is 3.45. The van der Waals surface area contributed by atoms with Crippen molar-refractivity contribution in [3.05, 3.63) is 30.1 Å². The third-order valence-electron chi connectivity index (χ3n) is 2.48. The van der Waals surface area contributed by atoms with Gasteiger partial charge in [-0.3, -0.25) is 9.99 Å². The summed E-state index contributed by atoms with van der Waals surface area (Å²) < 4.78 is 0. The minimum absolute atomic E-state index is 0.308. The van der Waals surface area contributed by atoms with Gasteiger partial charge in [-0.15, -0.1) is 0 Å². The Labute approximate surface area is 83.4 Å². The molecule has 0 bridgehead atoms. The van der Waals surface area contributed by atoms with Crippen molar-refractivity contribution in [1.82, 2.24) is 9.99 Å². The van der Waals surface area contributed by atoms with Crippen LogP contribution in [0.4, 0.5) is 0 Å². The van der Waals surface area contributed by atoms with E-state index in [2.05, 4.69) is 16.2 Å². The highest BCUT2D eigenvalue weighted by molar-refractivity contribution is 5.87. The molecule has 2 heterocycles. The Morgan fingerprint density at radius 2 is 2.50 bits per heavy atom. The predicted molar refractivity (Wildman–Crippen MR) is 55.8 cm³/mol. The van der Waals surface area contributed by atoms with Gasteiger partial charge in [-0.1, -0.05) is 6.07 Å². The van der Waals surface area contributed by atoms with Gasteiger partial charge in [0, 0.05) is 32.4 Å². The molecule has 0 amide bonds. The van der Waals surface area contributed by atoms with Gasteiger partial charge in [-0.25, -0.2) is 0 Å². The van der Waals surface area contributed by atoms with Crippen LogP contribution in [0.5, 0.6) is 0 Å². The Bertz CT molecular complexity index is 333. The van der Waals surface area contributed by atoms with Gasteiger partial charge >= 0.3 is 0 Å². The number of nitrogens with two attached hydrogens (primary N) is 1. The molecule has 0 saturated heterocycles. The van der Waals surface area contributed by atoms with E-state index in [1.165, 1.54) is 5.56 Å². The first-order chi connectivity index (χ1) is 6.81. The fourth-order valence-electron chi connectivity index (χ4n) is 1.72. The molecule has 1 aliphatic rings. The molecular weight excluding hydrogens is 176 g/mol. The van der Waals surface area contributed by atoms with E-state index >= 15 is 0 Å². The van der Waals surface area contributed by atoms with E-state index in [0.29, 0.717) is 12.6 Å². The van der Waals surface area contributed by atoms with E-state index in [0.717, 1.165) is 12.1 Å². The summed E-state index contributed by atoms with van der Waals surface area (Å²) in [7, 11) is 1.97. The van der Waals surface area contributed by atoms with Crippen molar-refractivity contribution < 1.29 is 0 Å². The highest BCUT2D eigenvalue weighted by atomic mass is 15.5. The zero-order valence-corrected chi connectivity index (χ0v) is 8.22. The molecule has 2 N–H and O–H groups in total. The molecule has 0 radical (unpaired) electrons. The lowest BCUT2D eigenvalue weighted by Gasteiger charge is -2.18. The predicted octanol–water partition coefficient (Wildman–Crippen LogP) is 0.773. The minimum atomic E-state index is 0.308. The standard InChI is InChI=1S/C10H14N4/c1-14-10(5-9(6-11)13-14)8-3-2-4-12-7-8/h2-4,7,10H,5-6,11H2,1H3. The van der Waals surface area contributed by atoms with Crippen molar-refractivity contribution in [3.63, 3.8) is 0 Å². The van der Waals surface area contributed by atoms with Crippen LogP contribution in [0.25, 0.3) is 0 Å². The quantitative estimate of drug-likeness (QED) is 0.749. The number of rotatable bonds is 2. The van der Waals surface area contributed by atoms with Gasteiger partial charge in [-0.2, -0.15) is 5.10 Å². The van der Waals surface area contributed by atoms with Crippen LogP contribution in [0.1, 0.15) is 18.0 Å². The second kappa shape index (κ2) is 3.75. The van der Waals surface area contributed by atoms with Crippen LogP contribution in [-0.4, -0.2) is 29.3 Å². The fourth-order valence-corrected chi connectivity index (χ4v) is 1.72. The van der Waals surface area contributed by atoms with Crippen molar-refractivity contribution >= 4 is 5.71 Å². The lowest BCUT2D eigenvalue weighted by molar-refractivity contribution is 0.289. The maximum Gasteiger partial charge on any atom is 0.0784 e. The van der Waals surface area contributed by atoms with Gasteiger partial charge in [-0.05, 0) is 11.6 Å². The third kappa shape index (κ3) is 1.61. The van der Waals surface area contributed by atoms with E-state index in [4.69, 9.17) is 5.73 Å². The smallest absolute Gasteiger partial charge is 0.0784 e. The molecule has 0 aromatic carbocycles. The Balaban J connectivity index is 2.16. The normalized spacial score (nSPS) is 21.1. The SMILES string of the molecule is CN1N=C(CN)CC1c1cccnc1. The first kappa shape index (κ1) is 9.15. The summed E-state index contributed by atoms with van der Waals surface area (Å²) in [6, 6.07) is 4.33. The zero-order chi connectivity index (χ0) is 9.97. The Morgan fingerprint density at radius 1 is 1.64 bits per heavy atom. The summed E-state index contributed by atoms with van der Waals surface area (Å²) in [5.41, 5.74) is 7.82. The molecule has 1 aromatic heterocycles. The maximum absolute atomic E-state index is 5.56. The molecule has 0 fully saturated rings. The van der Waals surface area contributed by atoms with Gasteiger partial charge in [0.25, 0.3) is 0 Å². The van der Waals surface area contributed by atoms with Crippen LogP contribution >= 0.6 is 0 Å². The van der Waals surface area contributed by atoms with Crippen molar-refractivity contribution in [2.75, 3.05) is 13.6 Å². The summed E-state index contributed by atoms with van der Waals surface area (Å²) in [6.45, 7) is 0.543. The molecule has 1 atom stereocenters. The maximum atomic E-state index is 5.56. The lowest BCUT2D eigenvalue weighted by atomic mass is 10.0. The molecule has 4 nitrogen and oxygen atoms in total. The summed E-state index contributed by atoms with van der Waals surface area (Å²) >= 11 is 0. The van der Waals surface area contributed by atoms with E-state index in [1.807, 2.05) is 24.3 Å². The Hall–Kier alpha value is -1.42. The van der Waals surface area contributed by atoms with Crippen molar-refractivity contribution in [2.24, 2.45) is 10.8 Å². The minimum Gasteiger partial charge on any atom is -0.325 e. The number of pyridine rings is 1.